The highest BCUT2D eigenvalue weighted by Crippen LogP contribution is 2.20. The number of carboxylic acids is 1. The molecule has 1 aromatic carbocycles. The Morgan fingerprint density at radius 2 is 1.75 bits per heavy atom. The van der Waals surface area contributed by atoms with Gasteiger partial charge in [0.15, 0.2) is 6.04 Å². The van der Waals surface area contributed by atoms with Crippen molar-refractivity contribution in [1.29, 1.82) is 0 Å². The van der Waals surface area contributed by atoms with E-state index in [1.165, 1.54) is 16.2 Å². The molecule has 3 N–H and O–H groups in total. The van der Waals surface area contributed by atoms with Crippen LogP contribution in [0.2, 0.25) is 0 Å². The van der Waals surface area contributed by atoms with Crippen molar-refractivity contribution in [1.82, 2.24) is 20.7 Å². The lowest BCUT2D eigenvalue weighted by atomic mass is 9.99. The second-order valence-electron chi connectivity index (χ2n) is 9.64. The van der Waals surface area contributed by atoms with Gasteiger partial charge in [0.25, 0.3) is 5.91 Å². The first-order valence-electron chi connectivity index (χ1n) is 12.2. The van der Waals surface area contributed by atoms with Gasteiger partial charge in [-0.3, -0.25) is 24.4 Å². The van der Waals surface area contributed by atoms with Gasteiger partial charge in [0, 0.05) is 25.0 Å². The molecule has 0 unspecified atom stereocenters. The number of nitrogens with one attached hydrogen (secondary N) is 2. The van der Waals surface area contributed by atoms with Gasteiger partial charge >= 0.3 is 5.97 Å². The Hall–Kier alpha value is -3.69. The van der Waals surface area contributed by atoms with E-state index in [1.54, 1.807) is 12.4 Å². The van der Waals surface area contributed by atoms with Crippen molar-refractivity contribution in [3.05, 3.63) is 48.3 Å². The Morgan fingerprint density at radius 1 is 1.08 bits per heavy atom. The lowest BCUT2D eigenvalue weighted by Gasteiger charge is -2.40. The van der Waals surface area contributed by atoms with Gasteiger partial charge < -0.3 is 15.7 Å². The molecule has 1 aromatic rings. The first-order valence-corrected chi connectivity index (χ1v) is 12.2. The smallest absolute Gasteiger partial charge is 0.328 e. The average Bonchev–Trinajstić information content (AvgIpc) is 2.83. The second kappa shape index (κ2) is 14.0. The number of benzene rings is 1. The molecule has 1 aliphatic rings. The average molecular weight is 500 g/mol. The van der Waals surface area contributed by atoms with Gasteiger partial charge in [-0.25, -0.2) is 9.80 Å². The van der Waals surface area contributed by atoms with Crippen LogP contribution >= 0.6 is 0 Å². The Bertz CT molecular complexity index is 947. The lowest BCUT2D eigenvalue weighted by Crippen LogP contribution is -2.61. The summed E-state index contributed by atoms with van der Waals surface area (Å²) >= 11 is 0. The van der Waals surface area contributed by atoms with Crippen molar-refractivity contribution in [3.63, 3.8) is 0 Å². The summed E-state index contributed by atoms with van der Waals surface area (Å²) in [6.45, 7) is 7.82. The van der Waals surface area contributed by atoms with Crippen LogP contribution < -0.4 is 10.6 Å². The molecule has 0 spiro atoms. The molecular weight excluding hydrogens is 462 g/mol. The Balaban J connectivity index is 2.36. The zero-order chi connectivity index (χ0) is 26.7. The Kier molecular flexibility index (Phi) is 11.1. The summed E-state index contributed by atoms with van der Waals surface area (Å²) in [6.07, 6.45) is 5.84. The number of aliphatic carboxylic acids is 1. The molecule has 0 aliphatic carbocycles. The van der Waals surface area contributed by atoms with Crippen molar-refractivity contribution < 1.29 is 24.3 Å². The summed E-state index contributed by atoms with van der Waals surface area (Å²) in [6, 6.07) is 6.20. The molecule has 10 heteroatoms. The van der Waals surface area contributed by atoms with E-state index in [0.29, 0.717) is 12.8 Å². The van der Waals surface area contributed by atoms with Crippen LogP contribution in [0, 0.1) is 11.8 Å². The van der Waals surface area contributed by atoms with Gasteiger partial charge in [0.1, 0.15) is 12.1 Å². The van der Waals surface area contributed by atoms with E-state index in [4.69, 9.17) is 0 Å². The summed E-state index contributed by atoms with van der Waals surface area (Å²) in [4.78, 5) is 54.7. The molecule has 196 valence electrons. The maximum atomic E-state index is 13.9. The van der Waals surface area contributed by atoms with Crippen molar-refractivity contribution >= 4 is 30.4 Å². The molecule has 3 atom stereocenters. The Morgan fingerprint density at radius 3 is 2.28 bits per heavy atom. The molecule has 0 aromatic heterocycles. The lowest BCUT2D eigenvalue weighted by molar-refractivity contribution is -0.166. The van der Waals surface area contributed by atoms with E-state index in [0.717, 1.165) is 5.56 Å². The number of nitrogens with zero attached hydrogens (tertiary/aromatic N) is 3. The quantitative estimate of drug-likeness (QED) is 0.336. The molecule has 0 radical (unpaired) electrons. The van der Waals surface area contributed by atoms with E-state index in [1.807, 2.05) is 58.0 Å². The van der Waals surface area contributed by atoms with Crippen LogP contribution in [0.5, 0.6) is 0 Å². The fraction of sp³-hybridized carbons (Fsp3) is 0.500. The SMILES string of the molecule is CC(C)C[C@H](NC(=O)[C@H](Cc1ccccc1)NC=O)C(=O)N([C@@H](CC(C)C)C(=O)O)N1C=CN=CC1. The number of carbonyl (C=O) groups is 4. The highest BCUT2D eigenvalue weighted by Gasteiger charge is 2.39. The maximum Gasteiger partial charge on any atom is 0.328 e. The number of hydrazine groups is 1. The summed E-state index contributed by atoms with van der Waals surface area (Å²) in [5.74, 6) is -2.15. The molecule has 1 aliphatic heterocycles. The normalized spacial score (nSPS) is 15.3. The third-order valence-electron chi connectivity index (χ3n) is 5.67. The van der Waals surface area contributed by atoms with Gasteiger partial charge in [-0.05, 0) is 30.2 Å². The van der Waals surface area contributed by atoms with Crippen LogP contribution in [0.15, 0.2) is 47.7 Å². The third-order valence-corrected chi connectivity index (χ3v) is 5.67. The Labute approximate surface area is 212 Å². The monoisotopic (exact) mass is 499 g/mol. The number of hydrogen-bond acceptors (Lipinski definition) is 6. The minimum absolute atomic E-state index is 0.00835. The predicted molar refractivity (Wildman–Crippen MR) is 137 cm³/mol. The summed E-state index contributed by atoms with van der Waals surface area (Å²) in [7, 11) is 0. The molecule has 1 heterocycles. The fourth-order valence-corrected chi connectivity index (χ4v) is 4.02. The first-order chi connectivity index (χ1) is 17.1. The van der Waals surface area contributed by atoms with Gasteiger partial charge in [-0.2, -0.15) is 0 Å². The molecule has 3 amide bonds. The standard InChI is InChI=1S/C26H37N5O5/c1-18(2)14-22(29-24(33)21(28-17-32)16-20-8-6-5-7-9-20)25(34)31(30-12-10-27-11-13-30)23(26(35)36)15-19(3)4/h5-12,17-19,21-23H,13-16H2,1-4H3,(H,28,32)(H,29,33)(H,35,36)/t21-,22-,23-/m0/s1. The summed E-state index contributed by atoms with van der Waals surface area (Å²) < 4.78 is 0. The summed E-state index contributed by atoms with van der Waals surface area (Å²) in [5, 5.41) is 18.1. The van der Waals surface area contributed by atoms with Crippen LogP contribution in [0.3, 0.4) is 0 Å². The molecule has 0 fully saturated rings. The van der Waals surface area contributed by atoms with Gasteiger partial charge in [0.2, 0.25) is 12.3 Å². The minimum atomic E-state index is -1.13. The van der Waals surface area contributed by atoms with Crippen molar-refractivity contribution in [2.45, 2.75) is 65.1 Å². The van der Waals surface area contributed by atoms with Gasteiger partial charge in [-0.1, -0.05) is 58.0 Å². The minimum Gasteiger partial charge on any atom is -0.480 e. The van der Waals surface area contributed by atoms with Crippen LogP contribution in [-0.4, -0.2) is 70.2 Å². The number of amides is 3. The number of carboxylic acid groups (broad SMARTS) is 1. The third kappa shape index (κ3) is 8.51. The van der Waals surface area contributed by atoms with E-state index in [9.17, 15) is 24.3 Å². The topological polar surface area (TPSA) is 131 Å². The van der Waals surface area contributed by atoms with E-state index in [2.05, 4.69) is 15.6 Å². The van der Waals surface area contributed by atoms with E-state index >= 15 is 0 Å². The first kappa shape index (κ1) is 28.5. The molecule has 10 nitrogen and oxygen atoms in total. The fourth-order valence-electron chi connectivity index (χ4n) is 4.02. The zero-order valence-corrected chi connectivity index (χ0v) is 21.3. The number of rotatable bonds is 14. The maximum absolute atomic E-state index is 13.9. The van der Waals surface area contributed by atoms with Gasteiger partial charge in [-0.15, -0.1) is 0 Å². The zero-order valence-electron chi connectivity index (χ0n) is 21.3. The highest BCUT2D eigenvalue weighted by molar-refractivity contribution is 5.92. The van der Waals surface area contributed by atoms with Crippen molar-refractivity contribution in [2.75, 3.05) is 6.54 Å². The molecule has 2 rings (SSSR count). The molecule has 36 heavy (non-hydrogen) atoms. The number of carbonyl (C=O) groups excluding carboxylic acids is 3. The highest BCUT2D eigenvalue weighted by atomic mass is 16.4. The molecule has 0 saturated carbocycles. The van der Waals surface area contributed by atoms with Gasteiger partial charge in [0.05, 0.1) is 6.54 Å². The molecular formula is C26H37N5O5. The van der Waals surface area contributed by atoms with Crippen molar-refractivity contribution in [3.8, 4) is 0 Å². The second-order valence-corrected chi connectivity index (χ2v) is 9.64. The van der Waals surface area contributed by atoms with E-state index < -0.39 is 35.9 Å². The number of aliphatic imine (C=N–C) groups is 1. The van der Waals surface area contributed by atoms with Crippen molar-refractivity contribution in [2.24, 2.45) is 16.8 Å². The van der Waals surface area contributed by atoms with Crippen LogP contribution in [0.4, 0.5) is 0 Å². The largest absolute Gasteiger partial charge is 0.480 e. The van der Waals surface area contributed by atoms with Crippen LogP contribution in [0.25, 0.3) is 0 Å². The summed E-state index contributed by atoms with van der Waals surface area (Å²) in [5.41, 5.74) is 0.848. The van der Waals surface area contributed by atoms with Crippen LogP contribution in [-0.2, 0) is 25.6 Å². The molecule has 0 saturated heterocycles. The predicted octanol–water partition coefficient (Wildman–Crippen LogP) is 1.98. The van der Waals surface area contributed by atoms with Crippen LogP contribution in [0.1, 0.15) is 46.1 Å². The molecule has 0 bridgehead atoms. The number of hydrogen-bond donors (Lipinski definition) is 3. The van der Waals surface area contributed by atoms with E-state index in [-0.39, 0.29) is 31.2 Å².